The molecule has 3 amide bonds. The smallest absolute Gasteiger partial charge is 0.321 e. The van der Waals surface area contributed by atoms with E-state index < -0.39 is 5.60 Å². The van der Waals surface area contributed by atoms with Gasteiger partial charge in [-0.3, -0.25) is 4.79 Å². The molecule has 0 saturated carbocycles. The third-order valence-electron chi connectivity index (χ3n) is 5.96. The van der Waals surface area contributed by atoms with Crippen molar-refractivity contribution < 1.29 is 14.7 Å². The van der Waals surface area contributed by atoms with Crippen LogP contribution in [0.15, 0.2) is 83.3 Å². The van der Waals surface area contributed by atoms with Crippen LogP contribution in [0.3, 0.4) is 0 Å². The molecular formula is C27H25BrClN3O3. The molecule has 3 aromatic rings. The average molecular weight is 555 g/mol. The summed E-state index contributed by atoms with van der Waals surface area (Å²) in [6.45, 7) is 0.864. The van der Waals surface area contributed by atoms with E-state index in [9.17, 15) is 14.7 Å². The summed E-state index contributed by atoms with van der Waals surface area (Å²) in [4.78, 5) is 26.8. The molecule has 1 heterocycles. The highest BCUT2D eigenvalue weighted by molar-refractivity contribution is 9.10. The van der Waals surface area contributed by atoms with E-state index in [1.165, 1.54) is 6.08 Å². The molecule has 1 saturated heterocycles. The fourth-order valence-electron chi connectivity index (χ4n) is 3.97. The van der Waals surface area contributed by atoms with Gasteiger partial charge in [0.25, 0.3) is 0 Å². The standard InChI is InChI=1S/C27H25BrClN3O3/c28-21-11-9-20(10-12-21)27(35)14-16-32(17-15-27)26(34)31-23-6-3-5-22(18-23)30-25(33)13-8-19-4-1-2-7-24(19)29/h1-13,18,35H,14-17H2,(H,30,33)(H,31,34). The van der Waals surface area contributed by atoms with E-state index in [0.717, 1.165) is 15.6 Å². The molecular weight excluding hydrogens is 530 g/mol. The molecule has 3 aromatic carbocycles. The molecule has 35 heavy (non-hydrogen) atoms. The summed E-state index contributed by atoms with van der Waals surface area (Å²) in [5.74, 6) is -0.309. The van der Waals surface area contributed by atoms with E-state index in [1.54, 1.807) is 41.3 Å². The number of amides is 3. The van der Waals surface area contributed by atoms with Gasteiger partial charge in [-0.25, -0.2) is 4.79 Å². The molecule has 4 rings (SSSR count). The molecule has 0 aromatic heterocycles. The minimum atomic E-state index is -0.945. The third-order valence-corrected chi connectivity index (χ3v) is 6.83. The molecule has 1 fully saturated rings. The van der Waals surface area contributed by atoms with Crippen LogP contribution in [0.2, 0.25) is 5.02 Å². The maximum absolute atomic E-state index is 12.8. The van der Waals surface area contributed by atoms with E-state index >= 15 is 0 Å². The number of anilines is 2. The van der Waals surface area contributed by atoms with Crippen molar-refractivity contribution >= 4 is 56.9 Å². The van der Waals surface area contributed by atoms with Crippen molar-refractivity contribution in [1.29, 1.82) is 0 Å². The predicted molar refractivity (Wildman–Crippen MR) is 143 cm³/mol. The van der Waals surface area contributed by atoms with Crippen molar-refractivity contribution in [3.63, 3.8) is 0 Å². The highest BCUT2D eigenvalue weighted by Gasteiger charge is 2.35. The number of halogens is 2. The topological polar surface area (TPSA) is 81.7 Å². The lowest BCUT2D eigenvalue weighted by atomic mass is 9.84. The van der Waals surface area contributed by atoms with Gasteiger partial charge in [0, 0.05) is 40.0 Å². The van der Waals surface area contributed by atoms with E-state index in [0.29, 0.717) is 42.3 Å². The summed E-state index contributed by atoms with van der Waals surface area (Å²) in [7, 11) is 0. The Bertz CT molecular complexity index is 1240. The maximum atomic E-state index is 12.8. The number of aliphatic hydroxyl groups is 1. The van der Waals surface area contributed by atoms with Crippen LogP contribution in [0.1, 0.15) is 24.0 Å². The lowest BCUT2D eigenvalue weighted by molar-refractivity contribution is -0.111. The van der Waals surface area contributed by atoms with Crippen LogP contribution in [0.25, 0.3) is 6.08 Å². The normalized spacial score (nSPS) is 15.1. The number of carbonyl (C=O) groups is 2. The van der Waals surface area contributed by atoms with Crippen LogP contribution in [-0.2, 0) is 10.4 Å². The van der Waals surface area contributed by atoms with Crippen molar-refractivity contribution in [3.05, 3.63) is 99.5 Å². The quantitative estimate of drug-likeness (QED) is 0.325. The molecule has 6 nitrogen and oxygen atoms in total. The maximum Gasteiger partial charge on any atom is 0.321 e. The molecule has 0 unspecified atom stereocenters. The number of nitrogens with zero attached hydrogens (tertiary/aromatic N) is 1. The first kappa shape index (κ1) is 25.0. The molecule has 0 radical (unpaired) electrons. The number of hydrogen-bond donors (Lipinski definition) is 3. The fourth-order valence-corrected chi connectivity index (χ4v) is 4.43. The van der Waals surface area contributed by atoms with Crippen LogP contribution in [0.4, 0.5) is 16.2 Å². The largest absolute Gasteiger partial charge is 0.385 e. The second-order valence-corrected chi connectivity index (χ2v) is 9.70. The first-order valence-electron chi connectivity index (χ1n) is 11.2. The molecule has 0 bridgehead atoms. The molecule has 0 spiro atoms. The number of benzene rings is 3. The lowest BCUT2D eigenvalue weighted by Gasteiger charge is -2.38. The Balaban J connectivity index is 1.32. The van der Waals surface area contributed by atoms with Crippen molar-refractivity contribution in [2.75, 3.05) is 23.7 Å². The number of nitrogens with one attached hydrogen (secondary N) is 2. The number of carbonyl (C=O) groups excluding carboxylic acids is 2. The van der Waals surface area contributed by atoms with Gasteiger partial charge in [0.15, 0.2) is 0 Å². The zero-order valence-corrected chi connectivity index (χ0v) is 21.2. The Labute approximate surface area is 217 Å². The second kappa shape index (κ2) is 11.1. The summed E-state index contributed by atoms with van der Waals surface area (Å²) in [5.41, 5.74) is 1.78. The molecule has 0 atom stereocenters. The van der Waals surface area contributed by atoms with Gasteiger partial charge in [-0.1, -0.05) is 63.9 Å². The van der Waals surface area contributed by atoms with Gasteiger partial charge in [-0.05, 0) is 66.4 Å². The monoisotopic (exact) mass is 553 g/mol. The van der Waals surface area contributed by atoms with E-state index in [2.05, 4.69) is 26.6 Å². The first-order valence-corrected chi connectivity index (χ1v) is 12.4. The molecule has 1 aliphatic rings. The zero-order valence-electron chi connectivity index (χ0n) is 18.9. The first-order chi connectivity index (χ1) is 16.8. The highest BCUT2D eigenvalue weighted by atomic mass is 79.9. The molecule has 8 heteroatoms. The third kappa shape index (κ3) is 6.51. The summed E-state index contributed by atoms with van der Waals surface area (Å²) in [6, 6.07) is 21.6. The van der Waals surface area contributed by atoms with Crippen molar-refractivity contribution in [2.45, 2.75) is 18.4 Å². The van der Waals surface area contributed by atoms with E-state index in [-0.39, 0.29) is 11.9 Å². The number of likely N-dealkylation sites (tertiary alicyclic amines) is 1. The summed E-state index contributed by atoms with van der Waals surface area (Å²) >= 11 is 9.52. The van der Waals surface area contributed by atoms with E-state index in [4.69, 9.17) is 11.6 Å². The van der Waals surface area contributed by atoms with Crippen LogP contribution < -0.4 is 10.6 Å². The fraction of sp³-hybridized carbons (Fsp3) is 0.185. The predicted octanol–water partition coefficient (Wildman–Crippen LogP) is 6.27. The summed E-state index contributed by atoms with van der Waals surface area (Å²) < 4.78 is 0.955. The Kier molecular flexibility index (Phi) is 7.90. The second-order valence-electron chi connectivity index (χ2n) is 8.38. The zero-order chi connectivity index (χ0) is 24.8. The lowest BCUT2D eigenvalue weighted by Crippen LogP contribution is -2.46. The number of urea groups is 1. The Hall–Kier alpha value is -3.13. The average Bonchev–Trinajstić information content (AvgIpc) is 2.84. The van der Waals surface area contributed by atoms with Crippen molar-refractivity contribution in [2.24, 2.45) is 0 Å². The van der Waals surface area contributed by atoms with Gasteiger partial charge in [0.05, 0.1) is 5.60 Å². The van der Waals surface area contributed by atoms with Crippen molar-refractivity contribution in [3.8, 4) is 0 Å². The van der Waals surface area contributed by atoms with Gasteiger partial charge in [0.1, 0.15) is 0 Å². The van der Waals surface area contributed by atoms with Gasteiger partial charge < -0.3 is 20.6 Å². The minimum Gasteiger partial charge on any atom is -0.385 e. The van der Waals surface area contributed by atoms with Gasteiger partial charge >= 0.3 is 6.03 Å². The van der Waals surface area contributed by atoms with Gasteiger partial charge in [-0.2, -0.15) is 0 Å². The summed E-state index contributed by atoms with van der Waals surface area (Å²) in [5, 5.41) is 17.3. The van der Waals surface area contributed by atoms with Gasteiger partial charge in [0.2, 0.25) is 5.91 Å². The van der Waals surface area contributed by atoms with Crippen LogP contribution >= 0.6 is 27.5 Å². The molecule has 3 N–H and O–H groups in total. The van der Waals surface area contributed by atoms with Gasteiger partial charge in [-0.15, -0.1) is 0 Å². The molecule has 180 valence electrons. The highest BCUT2D eigenvalue weighted by Crippen LogP contribution is 2.33. The van der Waals surface area contributed by atoms with E-state index in [1.807, 2.05) is 42.5 Å². The van der Waals surface area contributed by atoms with Crippen LogP contribution in [0, 0.1) is 0 Å². The van der Waals surface area contributed by atoms with Crippen molar-refractivity contribution in [1.82, 2.24) is 4.90 Å². The summed E-state index contributed by atoms with van der Waals surface area (Å²) in [6.07, 6.45) is 3.97. The Morgan fingerprint density at radius 2 is 1.60 bits per heavy atom. The minimum absolute atomic E-state index is 0.245. The number of hydrogen-bond acceptors (Lipinski definition) is 3. The Morgan fingerprint density at radius 1 is 0.943 bits per heavy atom. The van der Waals surface area contributed by atoms with Crippen LogP contribution in [0.5, 0.6) is 0 Å². The number of piperidine rings is 1. The van der Waals surface area contributed by atoms with Crippen LogP contribution in [-0.4, -0.2) is 35.0 Å². The number of rotatable bonds is 5. The Morgan fingerprint density at radius 3 is 2.29 bits per heavy atom. The SMILES string of the molecule is O=C(C=Cc1ccccc1Cl)Nc1cccc(NC(=O)N2CCC(O)(c3ccc(Br)cc3)CC2)c1. The molecule has 0 aliphatic carbocycles. The molecule has 1 aliphatic heterocycles.